The first-order valence-corrected chi connectivity index (χ1v) is 8.81. The molecule has 3 heterocycles. The third kappa shape index (κ3) is 3.26. The summed E-state index contributed by atoms with van der Waals surface area (Å²) in [6.07, 6.45) is 2.53. The van der Waals surface area contributed by atoms with Crippen molar-refractivity contribution in [3.63, 3.8) is 0 Å². The number of carbonyl (C=O) groups is 1. The largest absolute Gasteiger partial charge is 0.352 e. The predicted octanol–water partition coefficient (Wildman–Crippen LogP) is 1.97. The van der Waals surface area contributed by atoms with Crippen LogP contribution in [0.3, 0.4) is 0 Å². The predicted molar refractivity (Wildman–Crippen MR) is 98.1 cm³/mol. The lowest BCUT2D eigenvalue weighted by atomic mass is 10.00. The van der Waals surface area contributed by atoms with E-state index >= 15 is 0 Å². The molecule has 25 heavy (non-hydrogen) atoms. The third-order valence-corrected chi connectivity index (χ3v) is 5.16. The molecule has 6 nitrogen and oxygen atoms in total. The monoisotopic (exact) mass is 357 g/mol. The van der Waals surface area contributed by atoms with Crippen LogP contribution in [-0.2, 0) is 17.8 Å². The molecule has 0 N–H and O–H groups in total. The number of carbonyl (C=O) groups excluding carboxylic acids is 1. The van der Waals surface area contributed by atoms with Crippen molar-refractivity contribution in [2.24, 2.45) is 0 Å². The Morgan fingerprint density at radius 2 is 1.72 bits per heavy atom. The van der Waals surface area contributed by atoms with E-state index in [-0.39, 0.29) is 5.91 Å². The number of amides is 1. The molecular formula is C18H20ClN5O. The average molecular weight is 358 g/mol. The Balaban J connectivity index is 1.54. The molecule has 0 radical (unpaired) electrons. The van der Waals surface area contributed by atoms with Crippen LogP contribution in [0.2, 0.25) is 5.02 Å². The molecule has 0 spiro atoms. The maximum atomic E-state index is 11.9. The molecule has 0 bridgehead atoms. The highest BCUT2D eigenvalue weighted by atomic mass is 35.5. The van der Waals surface area contributed by atoms with Crippen molar-refractivity contribution in [1.29, 1.82) is 0 Å². The van der Waals surface area contributed by atoms with Crippen LogP contribution in [0.25, 0.3) is 0 Å². The number of rotatable bonds is 2. The second-order valence-electron chi connectivity index (χ2n) is 6.56. The Labute approximate surface area is 152 Å². The number of nitrogens with zero attached hydrogens (tertiary/aromatic N) is 5. The Bertz CT molecular complexity index is 812. The number of likely N-dealkylation sites (N-methyl/N-ethyl adjacent to an activating group) is 1. The lowest BCUT2D eigenvalue weighted by Crippen LogP contribution is -2.48. The molecular weight excluding hydrogens is 338 g/mol. The van der Waals surface area contributed by atoms with E-state index in [1.54, 1.807) is 11.2 Å². The molecule has 1 aromatic heterocycles. The van der Waals surface area contributed by atoms with Crippen molar-refractivity contribution >= 4 is 29.1 Å². The number of benzene rings is 1. The minimum absolute atomic E-state index is 0.121. The lowest BCUT2D eigenvalue weighted by Gasteiger charge is -2.34. The van der Waals surface area contributed by atoms with E-state index in [0.717, 1.165) is 49.3 Å². The first-order chi connectivity index (χ1) is 12.1. The molecule has 0 unspecified atom stereocenters. The van der Waals surface area contributed by atoms with E-state index in [9.17, 15) is 4.79 Å². The summed E-state index contributed by atoms with van der Waals surface area (Å²) in [6.45, 7) is 3.58. The summed E-state index contributed by atoms with van der Waals surface area (Å²) in [6, 6.07) is 8.06. The highest BCUT2D eigenvalue weighted by Crippen LogP contribution is 2.27. The zero-order valence-corrected chi connectivity index (χ0v) is 14.9. The third-order valence-electron chi connectivity index (χ3n) is 4.92. The number of anilines is 2. The van der Waals surface area contributed by atoms with Crippen LogP contribution in [0, 0.1) is 0 Å². The minimum atomic E-state index is 0.121. The Kier molecular flexibility index (Phi) is 4.21. The second-order valence-corrected chi connectivity index (χ2v) is 6.99. The van der Waals surface area contributed by atoms with Gasteiger partial charge in [0.25, 0.3) is 0 Å². The normalized spacial score (nSPS) is 17.7. The van der Waals surface area contributed by atoms with Gasteiger partial charge in [0.15, 0.2) is 0 Å². The zero-order valence-electron chi connectivity index (χ0n) is 14.2. The van der Waals surface area contributed by atoms with Crippen molar-refractivity contribution in [2.75, 3.05) is 43.0 Å². The van der Waals surface area contributed by atoms with Gasteiger partial charge in [-0.3, -0.25) is 4.79 Å². The van der Waals surface area contributed by atoms with Gasteiger partial charge in [0.05, 0.1) is 6.54 Å². The van der Waals surface area contributed by atoms with Crippen molar-refractivity contribution in [3.8, 4) is 0 Å². The van der Waals surface area contributed by atoms with Crippen LogP contribution in [0.4, 0.5) is 11.6 Å². The highest BCUT2D eigenvalue weighted by Gasteiger charge is 2.23. The summed E-state index contributed by atoms with van der Waals surface area (Å²) >= 11 is 6.09. The fourth-order valence-corrected chi connectivity index (χ4v) is 3.55. The van der Waals surface area contributed by atoms with Gasteiger partial charge in [-0.2, -0.15) is 0 Å². The number of hydrogen-bond donors (Lipinski definition) is 0. The fraction of sp³-hybridized carbons (Fsp3) is 0.389. The topological polar surface area (TPSA) is 52.6 Å². The molecule has 2 aliphatic rings. The van der Waals surface area contributed by atoms with Gasteiger partial charge in [0.2, 0.25) is 5.91 Å². The Hall–Kier alpha value is -2.34. The summed E-state index contributed by atoms with van der Waals surface area (Å²) in [5.74, 6) is 1.83. The lowest BCUT2D eigenvalue weighted by molar-refractivity contribution is -0.129. The molecule has 1 fully saturated rings. The van der Waals surface area contributed by atoms with E-state index in [1.807, 2.05) is 24.1 Å². The Morgan fingerprint density at radius 1 is 0.960 bits per heavy atom. The first kappa shape index (κ1) is 16.1. The van der Waals surface area contributed by atoms with Gasteiger partial charge >= 0.3 is 0 Å². The smallest absolute Gasteiger partial charge is 0.241 e. The summed E-state index contributed by atoms with van der Waals surface area (Å²) in [5.41, 5.74) is 2.59. The van der Waals surface area contributed by atoms with E-state index < -0.39 is 0 Å². The summed E-state index contributed by atoms with van der Waals surface area (Å²) in [4.78, 5) is 26.8. The summed E-state index contributed by atoms with van der Waals surface area (Å²) in [5, 5.41) is 0.788. The van der Waals surface area contributed by atoms with E-state index in [0.29, 0.717) is 6.54 Å². The molecule has 0 atom stereocenters. The van der Waals surface area contributed by atoms with Gasteiger partial charge < -0.3 is 14.7 Å². The van der Waals surface area contributed by atoms with E-state index in [1.165, 1.54) is 11.1 Å². The summed E-state index contributed by atoms with van der Waals surface area (Å²) in [7, 11) is 1.84. The van der Waals surface area contributed by atoms with Crippen LogP contribution >= 0.6 is 11.6 Å². The van der Waals surface area contributed by atoms with Crippen molar-refractivity contribution < 1.29 is 4.79 Å². The van der Waals surface area contributed by atoms with Gasteiger partial charge in [-0.05, 0) is 29.7 Å². The maximum absolute atomic E-state index is 11.9. The van der Waals surface area contributed by atoms with Crippen molar-refractivity contribution in [3.05, 3.63) is 46.7 Å². The average Bonchev–Trinajstić information content (AvgIpc) is 2.63. The molecule has 2 aromatic rings. The number of halogens is 1. The second kappa shape index (κ2) is 6.52. The highest BCUT2D eigenvalue weighted by molar-refractivity contribution is 6.30. The quantitative estimate of drug-likeness (QED) is 0.822. The molecule has 130 valence electrons. The van der Waals surface area contributed by atoms with Gasteiger partial charge in [-0.15, -0.1) is 0 Å². The first-order valence-electron chi connectivity index (χ1n) is 8.43. The number of aromatic nitrogens is 2. The van der Waals surface area contributed by atoms with E-state index in [2.05, 4.69) is 27.0 Å². The minimum Gasteiger partial charge on any atom is -0.352 e. The molecule has 4 rings (SSSR count). The molecule has 1 saturated heterocycles. The van der Waals surface area contributed by atoms with Gasteiger partial charge in [-0.25, -0.2) is 9.97 Å². The summed E-state index contributed by atoms with van der Waals surface area (Å²) < 4.78 is 0. The van der Waals surface area contributed by atoms with Crippen molar-refractivity contribution in [1.82, 2.24) is 14.9 Å². The van der Waals surface area contributed by atoms with E-state index in [4.69, 9.17) is 11.6 Å². The SMILES string of the molecule is CN1CCN(c2cc(N3CCc4cc(Cl)ccc4C3)ncn2)CC1=O. The number of hydrogen-bond acceptors (Lipinski definition) is 5. The van der Waals surface area contributed by atoms with Crippen molar-refractivity contribution in [2.45, 2.75) is 13.0 Å². The van der Waals surface area contributed by atoms with Crippen LogP contribution in [0.5, 0.6) is 0 Å². The van der Waals surface area contributed by atoms with Crippen LogP contribution in [0.1, 0.15) is 11.1 Å². The Morgan fingerprint density at radius 3 is 2.48 bits per heavy atom. The molecule has 1 amide bonds. The fourth-order valence-electron chi connectivity index (χ4n) is 3.35. The van der Waals surface area contributed by atoms with Gasteiger partial charge in [0, 0.05) is 44.3 Å². The van der Waals surface area contributed by atoms with Gasteiger partial charge in [0.1, 0.15) is 18.0 Å². The zero-order chi connectivity index (χ0) is 17.4. The molecule has 0 saturated carbocycles. The molecule has 2 aliphatic heterocycles. The van der Waals surface area contributed by atoms with Crippen LogP contribution in [-0.4, -0.2) is 54.0 Å². The van der Waals surface area contributed by atoms with Gasteiger partial charge in [-0.1, -0.05) is 17.7 Å². The number of fused-ring (bicyclic) bond motifs is 1. The molecule has 7 heteroatoms. The standard InChI is InChI=1S/C18H20ClN5O/c1-22-6-7-24(11-18(22)25)17-9-16(20-12-21-17)23-5-4-13-8-15(19)3-2-14(13)10-23/h2-3,8-9,12H,4-7,10-11H2,1H3. The maximum Gasteiger partial charge on any atom is 0.241 e. The number of piperazine rings is 1. The van der Waals surface area contributed by atoms with Crippen LogP contribution in [0.15, 0.2) is 30.6 Å². The molecule has 1 aromatic carbocycles. The van der Waals surface area contributed by atoms with Crippen LogP contribution < -0.4 is 9.80 Å². The molecule has 0 aliphatic carbocycles.